The third kappa shape index (κ3) is 2.00. The van der Waals surface area contributed by atoms with Crippen molar-refractivity contribution in [1.29, 1.82) is 0 Å². The SMILES string of the molecule is Nc1cccc2c1cnn2CC1CCOCC1. The number of benzene rings is 1. The Labute approximate surface area is 100 Å². The lowest BCUT2D eigenvalue weighted by Crippen LogP contribution is -2.20. The van der Waals surface area contributed by atoms with Crippen molar-refractivity contribution in [2.45, 2.75) is 19.4 Å². The number of rotatable bonds is 2. The van der Waals surface area contributed by atoms with E-state index in [4.69, 9.17) is 10.5 Å². The lowest BCUT2D eigenvalue weighted by molar-refractivity contribution is 0.0605. The van der Waals surface area contributed by atoms with Crippen LogP contribution in [0.1, 0.15) is 12.8 Å². The molecule has 4 heteroatoms. The molecular weight excluding hydrogens is 214 g/mol. The van der Waals surface area contributed by atoms with Crippen molar-refractivity contribution in [3.05, 3.63) is 24.4 Å². The number of nitrogens with two attached hydrogens (primary N) is 1. The van der Waals surface area contributed by atoms with E-state index in [1.54, 1.807) is 0 Å². The molecule has 0 unspecified atom stereocenters. The molecule has 0 atom stereocenters. The van der Waals surface area contributed by atoms with Crippen LogP contribution >= 0.6 is 0 Å². The van der Waals surface area contributed by atoms with E-state index in [9.17, 15) is 0 Å². The van der Waals surface area contributed by atoms with Crippen molar-refractivity contribution in [2.24, 2.45) is 5.92 Å². The van der Waals surface area contributed by atoms with E-state index in [-0.39, 0.29) is 0 Å². The Morgan fingerprint density at radius 2 is 2.18 bits per heavy atom. The molecule has 2 aromatic rings. The fourth-order valence-corrected chi connectivity index (χ4v) is 2.44. The van der Waals surface area contributed by atoms with E-state index < -0.39 is 0 Å². The van der Waals surface area contributed by atoms with E-state index in [2.05, 4.69) is 15.8 Å². The van der Waals surface area contributed by atoms with Gasteiger partial charge in [-0.25, -0.2) is 0 Å². The van der Waals surface area contributed by atoms with Crippen LogP contribution in [-0.4, -0.2) is 23.0 Å². The minimum atomic E-state index is 0.674. The van der Waals surface area contributed by atoms with Crippen molar-refractivity contribution < 1.29 is 4.74 Å². The molecule has 0 radical (unpaired) electrons. The average molecular weight is 231 g/mol. The second-order valence-corrected chi connectivity index (χ2v) is 4.66. The Morgan fingerprint density at radius 3 is 3.00 bits per heavy atom. The zero-order valence-electron chi connectivity index (χ0n) is 9.80. The maximum atomic E-state index is 5.93. The molecule has 2 heterocycles. The summed E-state index contributed by atoms with van der Waals surface area (Å²) in [5.74, 6) is 0.674. The van der Waals surface area contributed by atoms with Gasteiger partial charge in [0.05, 0.1) is 11.7 Å². The molecule has 1 saturated heterocycles. The highest BCUT2D eigenvalue weighted by atomic mass is 16.5. The number of nitrogen functional groups attached to an aromatic ring is 1. The van der Waals surface area contributed by atoms with E-state index in [1.165, 1.54) is 0 Å². The number of hydrogen-bond donors (Lipinski definition) is 1. The second kappa shape index (κ2) is 4.37. The zero-order chi connectivity index (χ0) is 11.7. The summed E-state index contributed by atoms with van der Waals surface area (Å²) in [5.41, 5.74) is 7.87. The van der Waals surface area contributed by atoms with Gasteiger partial charge in [-0.05, 0) is 30.9 Å². The molecule has 0 spiro atoms. The number of hydrogen-bond acceptors (Lipinski definition) is 3. The molecule has 3 rings (SSSR count). The van der Waals surface area contributed by atoms with Gasteiger partial charge >= 0.3 is 0 Å². The molecule has 1 aromatic carbocycles. The largest absolute Gasteiger partial charge is 0.398 e. The quantitative estimate of drug-likeness (QED) is 0.805. The molecule has 0 aliphatic carbocycles. The van der Waals surface area contributed by atoms with Gasteiger partial charge in [0.2, 0.25) is 0 Å². The molecule has 4 nitrogen and oxygen atoms in total. The Bertz CT molecular complexity index is 514. The molecule has 1 aromatic heterocycles. The zero-order valence-corrected chi connectivity index (χ0v) is 9.80. The lowest BCUT2D eigenvalue weighted by atomic mass is 10.0. The number of nitrogens with zero attached hydrogens (tertiary/aromatic N) is 2. The summed E-state index contributed by atoms with van der Waals surface area (Å²) in [6.45, 7) is 2.73. The van der Waals surface area contributed by atoms with Crippen molar-refractivity contribution in [3.8, 4) is 0 Å². The standard InChI is InChI=1S/C13H17N3O/c14-12-2-1-3-13-11(12)8-15-16(13)9-10-4-6-17-7-5-10/h1-3,8,10H,4-7,9,14H2. The molecule has 0 saturated carbocycles. The number of anilines is 1. The summed E-state index contributed by atoms with van der Waals surface area (Å²) in [5, 5.41) is 5.50. The van der Waals surface area contributed by atoms with Crippen molar-refractivity contribution in [3.63, 3.8) is 0 Å². The minimum Gasteiger partial charge on any atom is -0.398 e. The van der Waals surface area contributed by atoms with Crippen LogP contribution in [0.4, 0.5) is 5.69 Å². The monoisotopic (exact) mass is 231 g/mol. The van der Waals surface area contributed by atoms with E-state index in [0.29, 0.717) is 5.92 Å². The van der Waals surface area contributed by atoms with Crippen molar-refractivity contribution >= 4 is 16.6 Å². The first kappa shape index (κ1) is 10.6. The van der Waals surface area contributed by atoms with Gasteiger partial charge in [-0.2, -0.15) is 5.10 Å². The van der Waals surface area contributed by atoms with Crippen LogP contribution in [-0.2, 0) is 11.3 Å². The van der Waals surface area contributed by atoms with Crippen molar-refractivity contribution in [1.82, 2.24) is 9.78 Å². The first-order chi connectivity index (χ1) is 8.34. The molecule has 1 fully saturated rings. The maximum absolute atomic E-state index is 5.93. The molecule has 0 amide bonds. The average Bonchev–Trinajstić information content (AvgIpc) is 2.76. The van der Waals surface area contributed by atoms with Crippen LogP contribution in [0.2, 0.25) is 0 Å². The molecule has 17 heavy (non-hydrogen) atoms. The van der Waals surface area contributed by atoms with E-state index in [1.807, 2.05) is 18.3 Å². The van der Waals surface area contributed by atoms with Crippen LogP contribution in [0, 0.1) is 5.92 Å². The fraction of sp³-hybridized carbons (Fsp3) is 0.462. The van der Waals surface area contributed by atoms with Crippen LogP contribution in [0.5, 0.6) is 0 Å². The summed E-state index contributed by atoms with van der Waals surface area (Å²) in [6, 6.07) is 5.99. The second-order valence-electron chi connectivity index (χ2n) is 4.66. The summed E-state index contributed by atoms with van der Waals surface area (Å²) in [6.07, 6.45) is 4.12. The smallest absolute Gasteiger partial charge is 0.0703 e. The Morgan fingerprint density at radius 1 is 1.35 bits per heavy atom. The minimum absolute atomic E-state index is 0.674. The normalized spacial score (nSPS) is 17.6. The first-order valence-corrected chi connectivity index (χ1v) is 6.12. The summed E-state index contributed by atoms with van der Waals surface area (Å²) in [7, 11) is 0. The maximum Gasteiger partial charge on any atom is 0.0703 e. The molecular formula is C13H17N3O. The van der Waals surface area contributed by atoms with Gasteiger partial charge in [-0.15, -0.1) is 0 Å². The van der Waals surface area contributed by atoms with E-state index in [0.717, 1.165) is 49.2 Å². The van der Waals surface area contributed by atoms with Gasteiger partial charge in [0.15, 0.2) is 0 Å². The fourth-order valence-electron chi connectivity index (χ4n) is 2.44. The van der Waals surface area contributed by atoms with Gasteiger partial charge < -0.3 is 10.5 Å². The molecule has 1 aliphatic heterocycles. The van der Waals surface area contributed by atoms with Gasteiger partial charge in [0, 0.05) is 30.8 Å². The number of aromatic nitrogens is 2. The predicted octanol–water partition coefficient (Wildman–Crippen LogP) is 2.05. The van der Waals surface area contributed by atoms with Crippen LogP contribution in [0.25, 0.3) is 10.9 Å². The van der Waals surface area contributed by atoms with Gasteiger partial charge in [-0.3, -0.25) is 4.68 Å². The molecule has 2 N–H and O–H groups in total. The predicted molar refractivity (Wildman–Crippen MR) is 67.7 cm³/mol. The van der Waals surface area contributed by atoms with Gasteiger partial charge in [0.1, 0.15) is 0 Å². The highest BCUT2D eigenvalue weighted by molar-refractivity contribution is 5.90. The number of fused-ring (bicyclic) bond motifs is 1. The topological polar surface area (TPSA) is 53.1 Å². The third-order valence-corrected chi connectivity index (χ3v) is 3.49. The van der Waals surface area contributed by atoms with Gasteiger partial charge in [0.25, 0.3) is 0 Å². The van der Waals surface area contributed by atoms with E-state index >= 15 is 0 Å². The summed E-state index contributed by atoms with van der Waals surface area (Å²) < 4.78 is 7.45. The van der Waals surface area contributed by atoms with Crippen molar-refractivity contribution in [2.75, 3.05) is 18.9 Å². The van der Waals surface area contributed by atoms with Crippen LogP contribution in [0.3, 0.4) is 0 Å². The van der Waals surface area contributed by atoms with Crippen LogP contribution in [0.15, 0.2) is 24.4 Å². The highest BCUT2D eigenvalue weighted by Crippen LogP contribution is 2.23. The molecule has 0 bridgehead atoms. The Kier molecular flexibility index (Phi) is 2.73. The first-order valence-electron chi connectivity index (χ1n) is 6.12. The summed E-state index contributed by atoms with van der Waals surface area (Å²) >= 11 is 0. The molecule has 90 valence electrons. The van der Waals surface area contributed by atoms with Gasteiger partial charge in [-0.1, -0.05) is 6.07 Å². The number of ether oxygens (including phenoxy) is 1. The van der Waals surface area contributed by atoms with Crippen LogP contribution < -0.4 is 5.73 Å². The summed E-state index contributed by atoms with van der Waals surface area (Å²) in [4.78, 5) is 0. The lowest BCUT2D eigenvalue weighted by Gasteiger charge is -2.22. The third-order valence-electron chi connectivity index (χ3n) is 3.49. The molecule has 1 aliphatic rings. The Balaban J connectivity index is 1.87. The Hall–Kier alpha value is -1.55. The highest BCUT2D eigenvalue weighted by Gasteiger charge is 2.16.